The molecule has 0 saturated heterocycles. The maximum absolute atomic E-state index is 10.3. The molecule has 0 spiro atoms. The van der Waals surface area contributed by atoms with Crippen molar-refractivity contribution < 1.29 is 33.6 Å². The maximum atomic E-state index is 10.3. The molecule has 1 aromatic carbocycles. The highest BCUT2D eigenvalue weighted by molar-refractivity contribution is 5.37. The minimum Gasteiger partial charge on any atom is -1.00 e. The Hall–Kier alpha value is -0.290. The third-order valence-corrected chi connectivity index (χ3v) is 4.83. The van der Waals surface area contributed by atoms with Crippen LogP contribution in [0.3, 0.4) is 0 Å². The van der Waals surface area contributed by atoms with Gasteiger partial charge in [0.2, 0.25) is 0 Å². The van der Waals surface area contributed by atoms with Gasteiger partial charge in [-0.1, -0.05) is 18.6 Å². The van der Waals surface area contributed by atoms with Gasteiger partial charge in [-0.3, -0.25) is 0 Å². The molecule has 1 N–H and O–H groups in total. The topological polar surface area (TPSA) is 20.2 Å². The zero-order valence-electron chi connectivity index (χ0n) is 13.9. The van der Waals surface area contributed by atoms with Crippen LogP contribution < -0.4 is 24.0 Å². The molecule has 0 aliphatic carbocycles. The lowest BCUT2D eigenvalue weighted by Crippen LogP contribution is -3.00. The first-order chi connectivity index (χ1) is 8.75. The molecule has 116 valence electrons. The fourth-order valence-electron chi connectivity index (χ4n) is 3.17. The highest BCUT2D eigenvalue weighted by Gasteiger charge is 2.39. The minimum absolute atomic E-state index is 0. The summed E-state index contributed by atoms with van der Waals surface area (Å²) in [5.41, 5.74) is 2.30. The maximum Gasteiger partial charge on any atom is 0.124 e. The molecule has 0 saturated carbocycles. The van der Waals surface area contributed by atoms with E-state index in [0.717, 1.165) is 16.5 Å². The van der Waals surface area contributed by atoms with Gasteiger partial charge in [-0.2, -0.15) is 0 Å². The third-order valence-electron chi connectivity index (χ3n) is 4.83. The van der Waals surface area contributed by atoms with E-state index in [0.29, 0.717) is 23.9 Å². The molecule has 1 aromatic rings. The van der Waals surface area contributed by atoms with Gasteiger partial charge >= 0.3 is 0 Å². The van der Waals surface area contributed by atoms with E-state index in [-0.39, 0.29) is 24.0 Å². The first-order valence-electron chi connectivity index (χ1n) is 7.40. The Kier molecular flexibility index (Phi) is 7.53. The molecule has 0 aliphatic heterocycles. The Morgan fingerprint density at radius 3 is 2.00 bits per heavy atom. The van der Waals surface area contributed by atoms with Crippen molar-refractivity contribution in [2.75, 3.05) is 7.05 Å². The van der Waals surface area contributed by atoms with Gasteiger partial charge in [-0.15, -0.1) is 0 Å². The van der Waals surface area contributed by atoms with E-state index in [1.54, 1.807) is 0 Å². The first-order valence-corrected chi connectivity index (χ1v) is 7.40. The summed E-state index contributed by atoms with van der Waals surface area (Å²) >= 11 is 0. The quantitative estimate of drug-likeness (QED) is 0.595. The summed E-state index contributed by atoms with van der Waals surface area (Å²) in [5.74, 6) is 0.433. The van der Waals surface area contributed by atoms with Crippen LogP contribution in [-0.2, 0) is 0 Å². The summed E-state index contributed by atoms with van der Waals surface area (Å²) in [5, 5.41) is 10.3. The number of halogens is 1. The zero-order valence-corrected chi connectivity index (χ0v) is 16.1. The first kappa shape index (κ1) is 19.7. The number of hydrogen-bond donors (Lipinski definition) is 1. The van der Waals surface area contributed by atoms with Crippen molar-refractivity contribution >= 4 is 0 Å². The van der Waals surface area contributed by atoms with Crippen molar-refractivity contribution in [3.05, 3.63) is 29.3 Å². The van der Waals surface area contributed by atoms with Gasteiger partial charge in [0.05, 0.1) is 24.7 Å². The smallest absolute Gasteiger partial charge is 0.124 e. The lowest BCUT2D eigenvalue weighted by atomic mass is 9.94. The van der Waals surface area contributed by atoms with Gasteiger partial charge in [0, 0.05) is 6.42 Å². The number of hydrogen-bond acceptors (Lipinski definition) is 1. The van der Waals surface area contributed by atoms with Gasteiger partial charge in [-0.05, 0) is 46.8 Å². The van der Waals surface area contributed by atoms with Crippen molar-refractivity contribution in [3.8, 4) is 5.75 Å². The normalized spacial score (nSPS) is 13.4. The van der Waals surface area contributed by atoms with E-state index in [4.69, 9.17) is 0 Å². The minimum atomic E-state index is 0. The van der Waals surface area contributed by atoms with Crippen LogP contribution in [0.25, 0.3) is 0 Å². The van der Waals surface area contributed by atoms with Crippen LogP contribution in [0.2, 0.25) is 0 Å². The number of phenols is 1. The van der Waals surface area contributed by atoms with Crippen molar-refractivity contribution in [1.29, 1.82) is 0 Å². The second-order valence-corrected chi connectivity index (χ2v) is 6.40. The molecule has 3 heteroatoms. The molecule has 0 aliphatic rings. The average Bonchev–Trinajstić information content (AvgIpc) is 2.33. The molecule has 0 heterocycles. The molecular weight excluding hydrogens is 361 g/mol. The second-order valence-electron chi connectivity index (χ2n) is 6.40. The third kappa shape index (κ3) is 3.67. The van der Waals surface area contributed by atoms with Gasteiger partial charge in [0.1, 0.15) is 11.8 Å². The number of quaternary nitrogens is 1. The fraction of sp³-hybridized carbons (Fsp3) is 0.647. The molecule has 20 heavy (non-hydrogen) atoms. The molecule has 1 unspecified atom stereocenters. The molecular formula is C17H30INO. The average molecular weight is 391 g/mol. The van der Waals surface area contributed by atoms with Crippen LogP contribution in [-0.4, -0.2) is 28.7 Å². The van der Waals surface area contributed by atoms with Crippen molar-refractivity contribution in [1.82, 2.24) is 0 Å². The van der Waals surface area contributed by atoms with E-state index in [1.165, 1.54) is 5.56 Å². The Morgan fingerprint density at radius 1 is 1.10 bits per heavy atom. The number of benzene rings is 1. The molecule has 0 amide bonds. The summed E-state index contributed by atoms with van der Waals surface area (Å²) in [6, 6.07) is 7.32. The van der Waals surface area contributed by atoms with Crippen LogP contribution in [0.1, 0.15) is 58.2 Å². The largest absolute Gasteiger partial charge is 1.00 e. The zero-order chi connectivity index (χ0) is 14.8. The van der Waals surface area contributed by atoms with Gasteiger partial charge < -0.3 is 33.6 Å². The van der Waals surface area contributed by atoms with Gasteiger partial charge in [0.15, 0.2) is 0 Å². The molecule has 0 aromatic heterocycles. The highest BCUT2D eigenvalue weighted by Crippen LogP contribution is 2.39. The second kappa shape index (κ2) is 7.64. The Labute approximate surface area is 141 Å². The SMILES string of the molecule is CCC(c1cc(C)ccc1O)[N+](C)(C(C)C)C(C)C.[I-]. The summed E-state index contributed by atoms with van der Waals surface area (Å²) in [6.45, 7) is 13.4. The molecule has 0 radical (unpaired) electrons. The number of phenolic OH excluding ortho intramolecular Hbond substituents is 1. The van der Waals surface area contributed by atoms with Crippen LogP contribution in [0, 0.1) is 6.92 Å². The van der Waals surface area contributed by atoms with E-state index >= 15 is 0 Å². The lowest BCUT2D eigenvalue weighted by molar-refractivity contribution is -0.977. The lowest BCUT2D eigenvalue weighted by Gasteiger charge is -2.48. The summed E-state index contributed by atoms with van der Waals surface area (Å²) in [4.78, 5) is 0. The van der Waals surface area contributed by atoms with Crippen LogP contribution in [0.4, 0.5) is 0 Å². The number of rotatable bonds is 5. The Bertz CT molecular complexity index is 421. The van der Waals surface area contributed by atoms with Crippen molar-refractivity contribution in [3.63, 3.8) is 0 Å². The predicted molar refractivity (Wildman–Crippen MR) is 82.3 cm³/mol. The summed E-state index contributed by atoms with van der Waals surface area (Å²) in [6.07, 6.45) is 1.03. The summed E-state index contributed by atoms with van der Waals surface area (Å²) < 4.78 is 0.952. The van der Waals surface area contributed by atoms with Gasteiger partial charge in [-0.25, -0.2) is 0 Å². The Morgan fingerprint density at radius 2 is 1.60 bits per heavy atom. The van der Waals surface area contributed by atoms with Crippen LogP contribution in [0.15, 0.2) is 18.2 Å². The van der Waals surface area contributed by atoms with E-state index in [2.05, 4.69) is 54.7 Å². The molecule has 0 bridgehead atoms. The van der Waals surface area contributed by atoms with E-state index < -0.39 is 0 Å². The van der Waals surface area contributed by atoms with Gasteiger partial charge in [0.25, 0.3) is 0 Å². The fourth-order valence-corrected chi connectivity index (χ4v) is 3.17. The van der Waals surface area contributed by atoms with Crippen molar-refractivity contribution in [2.45, 2.75) is 66.1 Å². The monoisotopic (exact) mass is 391 g/mol. The van der Waals surface area contributed by atoms with E-state index in [9.17, 15) is 5.11 Å². The van der Waals surface area contributed by atoms with Crippen LogP contribution >= 0.6 is 0 Å². The van der Waals surface area contributed by atoms with E-state index in [1.807, 2.05) is 12.1 Å². The standard InChI is InChI=1S/C17H29NO.HI/c1-8-16(18(7,12(2)3)13(4)5)15-11-14(6)9-10-17(15)19;/h9-13,16H,8H2,1-7H3;1H. The Balaban J connectivity index is 0.00000361. The summed E-state index contributed by atoms with van der Waals surface area (Å²) in [7, 11) is 2.31. The van der Waals surface area contributed by atoms with Crippen LogP contribution in [0.5, 0.6) is 5.75 Å². The number of nitrogens with zero attached hydrogens (tertiary/aromatic N) is 1. The van der Waals surface area contributed by atoms with Crippen molar-refractivity contribution in [2.24, 2.45) is 0 Å². The number of aryl methyl sites for hydroxylation is 1. The highest BCUT2D eigenvalue weighted by atomic mass is 127. The molecule has 1 atom stereocenters. The molecule has 0 fully saturated rings. The molecule has 2 nitrogen and oxygen atoms in total. The number of aromatic hydroxyl groups is 1. The molecule has 1 rings (SSSR count). The predicted octanol–water partition coefficient (Wildman–Crippen LogP) is 1.42.